The van der Waals surface area contributed by atoms with Crippen LogP contribution in [0.3, 0.4) is 0 Å². The molecule has 0 fully saturated rings. The molecule has 0 rings (SSSR count). The zero-order valence-electron chi connectivity index (χ0n) is 17.5. The topological polar surface area (TPSA) is 66.4 Å². The Labute approximate surface area is 165 Å². The fraction of sp³-hybridized carbons (Fsp3) is 0.652. The summed E-state index contributed by atoms with van der Waals surface area (Å²) in [6.07, 6.45) is 23.2. The van der Waals surface area contributed by atoms with E-state index in [0.717, 1.165) is 44.9 Å². The summed E-state index contributed by atoms with van der Waals surface area (Å²) in [6.45, 7) is 5.74. The molecule has 4 nitrogen and oxygen atoms in total. The van der Waals surface area contributed by atoms with Gasteiger partial charge in [0, 0.05) is 6.42 Å². The van der Waals surface area contributed by atoms with Gasteiger partial charge >= 0.3 is 5.97 Å². The third-order valence-corrected chi connectivity index (χ3v) is 4.30. The first-order valence-electron chi connectivity index (χ1n) is 10.5. The fourth-order valence-electron chi connectivity index (χ4n) is 2.66. The van der Waals surface area contributed by atoms with Crippen molar-refractivity contribution in [3.05, 3.63) is 36.5 Å². The molecule has 154 valence electrons. The predicted octanol–water partition coefficient (Wildman–Crippen LogP) is 5.80. The molecule has 0 aromatic rings. The summed E-state index contributed by atoms with van der Waals surface area (Å²) in [7, 11) is 0. The first kappa shape index (κ1) is 25.2. The van der Waals surface area contributed by atoms with Crippen molar-refractivity contribution < 1.29 is 14.7 Å². The molecule has 0 heterocycles. The zero-order valence-corrected chi connectivity index (χ0v) is 17.5. The van der Waals surface area contributed by atoms with Gasteiger partial charge in [0.2, 0.25) is 5.91 Å². The summed E-state index contributed by atoms with van der Waals surface area (Å²) in [5.74, 6) is -1.22. The second-order valence-electron chi connectivity index (χ2n) is 7.23. The average Bonchev–Trinajstić information content (AvgIpc) is 2.62. The van der Waals surface area contributed by atoms with Gasteiger partial charge in [0.05, 0.1) is 0 Å². The number of rotatable bonds is 16. The summed E-state index contributed by atoms with van der Waals surface area (Å²) < 4.78 is 0. The minimum atomic E-state index is -0.963. The van der Waals surface area contributed by atoms with Crippen molar-refractivity contribution >= 4 is 11.9 Å². The van der Waals surface area contributed by atoms with Crippen LogP contribution in [-0.2, 0) is 9.59 Å². The van der Waals surface area contributed by atoms with Crippen LogP contribution in [-0.4, -0.2) is 23.0 Å². The van der Waals surface area contributed by atoms with Crippen LogP contribution in [0.5, 0.6) is 0 Å². The van der Waals surface area contributed by atoms with Gasteiger partial charge in [-0.05, 0) is 44.4 Å². The summed E-state index contributed by atoms with van der Waals surface area (Å²) in [4.78, 5) is 22.9. The predicted molar refractivity (Wildman–Crippen MR) is 114 cm³/mol. The quantitative estimate of drug-likeness (QED) is 0.264. The Kier molecular flexibility index (Phi) is 16.4. The second-order valence-corrected chi connectivity index (χ2v) is 7.23. The van der Waals surface area contributed by atoms with Gasteiger partial charge in [-0.25, -0.2) is 4.79 Å². The molecule has 0 spiro atoms. The number of nitrogens with one attached hydrogen (secondary N) is 1. The van der Waals surface area contributed by atoms with Crippen LogP contribution in [0.1, 0.15) is 85.0 Å². The molecule has 1 amide bonds. The lowest BCUT2D eigenvalue weighted by atomic mass is 10.0. The highest BCUT2D eigenvalue weighted by molar-refractivity contribution is 5.83. The van der Waals surface area contributed by atoms with Crippen LogP contribution in [0.4, 0.5) is 0 Å². The van der Waals surface area contributed by atoms with E-state index < -0.39 is 12.0 Å². The minimum Gasteiger partial charge on any atom is -0.480 e. The number of hydrogen-bond donors (Lipinski definition) is 2. The number of carbonyl (C=O) groups is 2. The fourth-order valence-corrected chi connectivity index (χ4v) is 2.66. The van der Waals surface area contributed by atoms with Gasteiger partial charge in [-0.2, -0.15) is 0 Å². The highest BCUT2D eigenvalue weighted by atomic mass is 16.4. The summed E-state index contributed by atoms with van der Waals surface area (Å²) in [5, 5.41) is 11.7. The molecule has 0 aromatic carbocycles. The molecule has 0 unspecified atom stereocenters. The molecule has 2 N–H and O–H groups in total. The summed E-state index contributed by atoms with van der Waals surface area (Å²) in [6, 6.07) is -0.785. The van der Waals surface area contributed by atoms with Gasteiger partial charge in [0.15, 0.2) is 0 Å². The van der Waals surface area contributed by atoms with Crippen LogP contribution in [0, 0.1) is 5.92 Å². The van der Waals surface area contributed by atoms with Gasteiger partial charge < -0.3 is 10.4 Å². The van der Waals surface area contributed by atoms with E-state index in [9.17, 15) is 9.59 Å². The molecule has 1 atom stereocenters. The van der Waals surface area contributed by atoms with E-state index in [0.29, 0.717) is 6.42 Å². The Bertz CT molecular complexity index is 478. The first-order chi connectivity index (χ1) is 13.0. The molecule has 0 aliphatic rings. The average molecular weight is 378 g/mol. The van der Waals surface area contributed by atoms with Crippen molar-refractivity contribution in [1.82, 2.24) is 5.32 Å². The van der Waals surface area contributed by atoms with Crippen LogP contribution in [0.2, 0.25) is 0 Å². The maximum Gasteiger partial charge on any atom is 0.326 e. The monoisotopic (exact) mass is 377 g/mol. The highest BCUT2D eigenvalue weighted by Gasteiger charge is 2.22. The smallest absolute Gasteiger partial charge is 0.326 e. The van der Waals surface area contributed by atoms with E-state index in [-0.39, 0.29) is 11.8 Å². The van der Waals surface area contributed by atoms with Crippen LogP contribution in [0.25, 0.3) is 0 Å². The number of hydrogen-bond acceptors (Lipinski definition) is 2. The number of carboxylic acids is 1. The molecule has 0 bridgehead atoms. The van der Waals surface area contributed by atoms with Crippen molar-refractivity contribution in [2.45, 2.75) is 91.0 Å². The third kappa shape index (κ3) is 16.1. The number of amides is 1. The van der Waals surface area contributed by atoms with E-state index in [1.54, 1.807) is 13.8 Å². The molecule has 0 aliphatic heterocycles. The second kappa shape index (κ2) is 17.6. The summed E-state index contributed by atoms with van der Waals surface area (Å²) in [5.41, 5.74) is 0. The van der Waals surface area contributed by atoms with Crippen molar-refractivity contribution in [2.24, 2.45) is 5.92 Å². The van der Waals surface area contributed by atoms with Crippen LogP contribution in [0.15, 0.2) is 36.5 Å². The van der Waals surface area contributed by atoms with Crippen molar-refractivity contribution in [2.75, 3.05) is 0 Å². The number of carboxylic acid groups (broad SMARTS) is 1. The number of unbranched alkanes of at least 4 members (excludes halogenated alkanes) is 5. The number of allylic oxidation sites excluding steroid dienone is 6. The van der Waals surface area contributed by atoms with E-state index >= 15 is 0 Å². The lowest BCUT2D eigenvalue weighted by molar-refractivity contribution is -0.143. The standard InChI is InChI=1S/C23H39NO3/c1-4-5-6-7-8-9-10-11-12-13-14-15-16-17-18-19-21(25)24-22(20(2)3)23(26)27/h5-6,8-9,11-12,20,22H,4,7,10,13-19H2,1-3H3,(H,24,25)(H,26,27)/b6-5+,9-8+,12-11+/t22-/m0/s1. The molecule has 0 radical (unpaired) electrons. The van der Waals surface area contributed by atoms with E-state index in [4.69, 9.17) is 5.11 Å². The van der Waals surface area contributed by atoms with Crippen molar-refractivity contribution in [3.8, 4) is 0 Å². The van der Waals surface area contributed by atoms with Gasteiger partial charge in [0.1, 0.15) is 6.04 Å². The molecule has 0 saturated carbocycles. The zero-order chi connectivity index (χ0) is 20.3. The normalized spacial score (nSPS) is 13.2. The number of aliphatic carboxylic acids is 1. The lowest BCUT2D eigenvalue weighted by Gasteiger charge is -2.17. The Morgan fingerprint density at radius 2 is 1.41 bits per heavy atom. The largest absolute Gasteiger partial charge is 0.480 e. The van der Waals surface area contributed by atoms with Gasteiger partial charge in [-0.1, -0.05) is 76.5 Å². The molecular formula is C23H39NO3. The third-order valence-electron chi connectivity index (χ3n) is 4.30. The molecule has 4 heteroatoms. The number of carbonyl (C=O) groups excluding carboxylic acids is 1. The summed E-state index contributed by atoms with van der Waals surface area (Å²) >= 11 is 0. The van der Waals surface area contributed by atoms with Gasteiger partial charge in [-0.3, -0.25) is 4.79 Å². The molecular weight excluding hydrogens is 338 g/mol. The van der Waals surface area contributed by atoms with E-state index in [2.05, 4.69) is 48.7 Å². The Balaban J connectivity index is 3.56. The highest BCUT2D eigenvalue weighted by Crippen LogP contribution is 2.09. The van der Waals surface area contributed by atoms with Gasteiger partial charge in [0.25, 0.3) is 0 Å². The van der Waals surface area contributed by atoms with Crippen LogP contribution < -0.4 is 5.32 Å². The van der Waals surface area contributed by atoms with Crippen LogP contribution >= 0.6 is 0 Å². The Morgan fingerprint density at radius 3 is 2.00 bits per heavy atom. The van der Waals surface area contributed by atoms with Crippen molar-refractivity contribution in [3.63, 3.8) is 0 Å². The molecule has 0 aromatic heterocycles. The Hall–Kier alpha value is -1.84. The SMILES string of the molecule is CC/C=C/C/C=C/C/C=C/CCCCCCCC(=O)N[C@H](C(=O)O)C(C)C. The minimum absolute atomic E-state index is 0.104. The van der Waals surface area contributed by atoms with E-state index in [1.807, 2.05) is 0 Å². The van der Waals surface area contributed by atoms with Crippen molar-refractivity contribution in [1.29, 1.82) is 0 Å². The maximum absolute atomic E-state index is 11.8. The molecule has 27 heavy (non-hydrogen) atoms. The molecule has 0 aliphatic carbocycles. The maximum atomic E-state index is 11.8. The van der Waals surface area contributed by atoms with Gasteiger partial charge in [-0.15, -0.1) is 0 Å². The van der Waals surface area contributed by atoms with E-state index in [1.165, 1.54) is 12.8 Å². The lowest BCUT2D eigenvalue weighted by Crippen LogP contribution is -2.44. The Morgan fingerprint density at radius 1 is 0.852 bits per heavy atom. The first-order valence-corrected chi connectivity index (χ1v) is 10.5. The molecule has 0 saturated heterocycles.